The van der Waals surface area contributed by atoms with Crippen LogP contribution < -0.4 is 5.73 Å². The SMILES string of the molecule is CS(=O)(=O)CCCC(N)c1cccc(Br)c1Cl. The Kier molecular flexibility index (Phi) is 5.44. The van der Waals surface area contributed by atoms with Gasteiger partial charge in [-0.3, -0.25) is 0 Å². The molecule has 96 valence electrons. The van der Waals surface area contributed by atoms with E-state index < -0.39 is 9.84 Å². The highest BCUT2D eigenvalue weighted by molar-refractivity contribution is 9.10. The van der Waals surface area contributed by atoms with Crippen LogP contribution >= 0.6 is 27.5 Å². The number of halogens is 2. The van der Waals surface area contributed by atoms with Gasteiger partial charge in [0.05, 0.1) is 5.02 Å². The van der Waals surface area contributed by atoms with Crippen molar-refractivity contribution >= 4 is 37.4 Å². The van der Waals surface area contributed by atoms with Crippen LogP contribution in [0.3, 0.4) is 0 Å². The molecule has 6 heteroatoms. The minimum Gasteiger partial charge on any atom is -0.324 e. The average Bonchev–Trinajstić information content (AvgIpc) is 2.20. The summed E-state index contributed by atoms with van der Waals surface area (Å²) in [5.74, 6) is 0.159. The van der Waals surface area contributed by atoms with E-state index in [0.29, 0.717) is 17.9 Å². The summed E-state index contributed by atoms with van der Waals surface area (Å²) < 4.78 is 22.8. The number of hydrogen-bond acceptors (Lipinski definition) is 3. The summed E-state index contributed by atoms with van der Waals surface area (Å²) >= 11 is 9.44. The van der Waals surface area contributed by atoms with Gasteiger partial charge in [0.2, 0.25) is 0 Å². The van der Waals surface area contributed by atoms with E-state index in [-0.39, 0.29) is 11.8 Å². The lowest BCUT2D eigenvalue weighted by atomic mass is 10.0. The van der Waals surface area contributed by atoms with E-state index in [1.807, 2.05) is 18.2 Å². The largest absolute Gasteiger partial charge is 0.324 e. The van der Waals surface area contributed by atoms with Crippen LogP contribution in [0.25, 0.3) is 0 Å². The van der Waals surface area contributed by atoms with E-state index in [4.69, 9.17) is 17.3 Å². The minimum absolute atomic E-state index is 0.159. The Hall–Kier alpha value is -0.100. The fraction of sp³-hybridized carbons (Fsp3) is 0.455. The molecule has 0 bridgehead atoms. The van der Waals surface area contributed by atoms with Crippen LogP contribution in [0.2, 0.25) is 5.02 Å². The lowest BCUT2D eigenvalue weighted by molar-refractivity contribution is 0.588. The zero-order chi connectivity index (χ0) is 13.1. The van der Waals surface area contributed by atoms with E-state index in [9.17, 15) is 8.42 Å². The van der Waals surface area contributed by atoms with Gasteiger partial charge in [0, 0.05) is 22.5 Å². The van der Waals surface area contributed by atoms with Gasteiger partial charge in [-0.1, -0.05) is 23.7 Å². The fourth-order valence-electron chi connectivity index (χ4n) is 1.53. The second kappa shape index (κ2) is 6.18. The Morgan fingerprint density at radius 1 is 1.47 bits per heavy atom. The number of nitrogens with two attached hydrogens (primary N) is 1. The van der Waals surface area contributed by atoms with Gasteiger partial charge >= 0.3 is 0 Å². The molecule has 17 heavy (non-hydrogen) atoms. The van der Waals surface area contributed by atoms with E-state index in [1.54, 1.807) is 0 Å². The van der Waals surface area contributed by atoms with E-state index >= 15 is 0 Å². The molecule has 0 aliphatic heterocycles. The van der Waals surface area contributed by atoms with Crippen molar-refractivity contribution in [3.63, 3.8) is 0 Å². The molecule has 0 saturated heterocycles. The van der Waals surface area contributed by atoms with Gasteiger partial charge in [-0.15, -0.1) is 0 Å². The van der Waals surface area contributed by atoms with Crippen molar-refractivity contribution in [1.82, 2.24) is 0 Å². The Bertz CT molecular complexity index is 490. The zero-order valence-electron chi connectivity index (χ0n) is 9.49. The molecule has 0 spiro atoms. The van der Waals surface area contributed by atoms with Crippen molar-refractivity contribution in [3.8, 4) is 0 Å². The summed E-state index contributed by atoms with van der Waals surface area (Å²) in [7, 11) is -2.92. The summed E-state index contributed by atoms with van der Waals surface area (Å²) in [4.78, 5) is 0. The fourth-order valence-corrected chi connectivity index (χ4v) is 2.87. The highest BCUT2D eigenvalue weighted by Gasteiger charge is 2.13. The summed E-state index contributed by atoms with van der Waals surface area (Å²) in [6.45, 7) is 0. The molecule has 0 radical (unpaired) electrons. The first-order valence-corrected chi connectivity index (χ1v) is 8.41. The molecular weight excluding hydrogens is 326 g/mol. The molecule has 0 saturated carbocycles. The molecule has 0 aliphatic carbocycles. The highest BCUT2D eigenvalue weighted by atomic mass is 79.9. The third-order valence-electron chi connectivity index (χ3n) is 2.41. The van der Waals surface area contributed by atoms with E-state index in [2.05, 4.69) is 15.9 Å². The number of sulfone groups is 1. The average molecular weight is 341 g/mol. The van der Waals surface area contributed by atoms with Gasteiger partial charge < -0.3 is 5.73 Å². The molecule has 0 aromatic heterocycles. The molecule has 1 unspecified atom stereocenters. The molecule has 1 atom stereocenters. The van der Waals surface area contributed by atoms with Crippen LogP contribution in [-0.2, 0) is 9.84 Å². The molecular formula is C11H15BrClNO2S. The Morgan fingerprint density at radius 3 is 2.71 bits per heavy atom. The van der Waals surface area contributed by atoms with Crippen molar-refractivity contribution in [2.24, 2.45) is 5.73 Å². The van der Waals surface area contributed by atoms with E-state index in [1.165, 1.54) is 6.26 Å². The predicted molar refractivity (Wildman–Crippen MR) is 75.0 cm³/mol. The van der Waals surface area contributed by atoms with Crippen molar-refractivity contribution < 1.29 is 8.42 Å². The molecule has 1 aromatic rings. The highest BCUT2D eigenvalue weighted by Crippen LogP contribution is 2.30. The smallest absolute Gasteiger partial charge is 0.147 e. The predicted octanol–water partition coefficient (Wildman–Crippen LogP) is 2.93. The molecule has 1 rings (SSSR count). The number of hydrogen-bond donors (Lipinski definition) is 1. The first-order chi connectivity index (χ1) is 7.81. The quantitative estimate of drug-likeness (QED) is 0.896. The van der Waals surface area contributed by atoms with Crippen LogP contribution in [-0.4, -0.2) is 20.4 Å². The summed E-state index contributed by atoms with van der Waals surface area (Å²) in [5, 5.41) is 0.597. The molecule has 0 heterocycles. The van der Waals surface area contributed by atoms with E-state index in [0.717, 1.165) is 10.0 Å². The number of benzene rings is 1. The molecule has 2 N–H and O–H groups in total. The Morgan fingerprint density at radius 2 is 2.12 bits per heavy atom. The van der Waals surface area contributed by atoms with Crippen LogP contribution in [0, 0.1) is 0 Å². The second-order valence-corrected chi connectivity index (χ2v) is 7.51. The van der Waals surface area contributed by atoms with Gasteiger partial charge in [-0.25, -0.2) is 8.42 Å². The van der Waals surface area contributed by atoms with Crippen LogP contribution in [0.1, 0.15) is 24.4 Å². The van der Waals surface area contributed by atoms with Crippen molar-refractivity contribution in [2.45, 2.75) is 18.9 Å². The monoisotopic (exact) mass is 339 g/mol. The standard InChI is InChI=1S/C11H15BrClNO2S/c1-17(15,16)7-3-6-10(14)8-4-2-5-9(12)11(8)13/h2,4-5,10H,3,6-7,14H2,1H3. The zero-order valence-corrected chi connectivity index (χ0v) is 12.6. The third kappa shape index (κ3) is 4.95. The normalized spacial score (nSPS) is 13.6. The van der Waals surface area contributed by atoms with Crippen molar-refractivity contribution in [3.05, 3.63) is 33.3 Å². The first-order valence-electron chi connectivity index (χ1n) is 5.18. The van der Waals surface area contributed by atoms with Gasteiger partial charge in [0.25, 0.3) is 0 Å². The maximum Gasteiger partial charge on any atom is 0.147 e. The molecule has 3 nitrogen and oxygen atoms in total. The molecule has 0 aliphatic rings. The maximum absolute atomic E-state index is 11.0. The number of rotatable bonds is 5. The van der Waals surface area contributed by atoms with Crippen LogP contribution in [0.5, 0.6) is 0 Å². The molecule has 0 fully saturated rings. The van der Waals surface area contributed by atoms with Gasteiger partial charge in [0.15, 0.2) is 0 Å². The molecule has 0 amide bonds. The van der Waals surface area contributed by atoms with Crippen LogP contribution in [0.15, 0.2) is 22.7 Å². The minimum atomic E-state index is -2.92. The lowest BCUT2D eigenvalue weighted by Crippen LogP contribution is -2.13. The topological polar surface area (TPSA) is 60.2 Å². The van der Waals surface area contributed by atoms with Crippen molar-refractivity contribution in [2.75, 3.05) is 12.0 Å². The Balaban J connectivity index is 2.64. The second-order valence-electron chi connectivity index (χ2n) is 4.02. The van der Waals surface area contributed by atoms with Crippen molar-refractivity contribution in [1.29, 1.82) is 0 Å². The van der Waals surface area contributed by atoms with Gasteiger partial charge in [-0.2, -0.15) is 0 Å². The Labute approximate surface area is 115 Å². The lowest BCUT2D eigenvalue weighted by Gasteiger charge is -2.14. The summed E-state index contributed by atoms with van der Waals surface area (Å²) in [6.07, 6.45) is 2.37. The third-order valence-corrected chi connectivity index (χ3v) is 4.75. The van der Waals surface area contributed by atoms with Gasteiger partial charge in [0.1, 0.15) is 9.84 Å². The molecule has 1 aromatic carbocycles. The first kappa shape index (κ1) is 15.0. The summed E-state index contributed by atoms with van der Waals surface area (Å²) in [6, 6.07) is 5.33. The maximum atomic E-state index is 11.0. The summed E-state index contributed by atoms with van der Waals surface area (Å²) in [5.41, 5.74) is 6.84. The van der Waals surface area contributed by atoms with Gasteiger partial charge in [-0.05, 0) is 40.4 Å². The van der Waals surface area contributed by atoms with Crippen LogP contribution in [0.4, 0.5) is 0 Å².